The van der Waals surface area contributed by atoms with E-state index in [0.29, 0.717) is 0 Å². The highest BCUT2D eigenvalue weighted by atomic mass is 32.2. The average Bonchev–Trinajstić information content (AvgIpc) is 3.14. The number of alkyl halides is 2. The van der Waals surface area contributed by atoms with Gasteiger partial charge in [-0.2, -0.15) is 8.78 Å². The largest absolute Gasteiger partial charge is 0.449 e. The maximum Gasteiger partial charge on any atom is 0.341 e. The molecule has 154 valence electrons. The minimum atomic E-state index is -4.77. The van der Waals surface area contributed by atoms with Gasteiger partial charge in [0.25, 0.3) is 5.91 Å². The molecule has 8 nitrogen and oxygen atoms in total. The van der Waals surface area contributed by atoms with Crippen LogP contribution in [0.1, 0.15) is 43.0 Å². The van der Waals surface area contributed by atoms with Crippen LogP contribution in [0.4, 0.5) is 13.6 Å². The molecule has 1 saturated carbocycles. The molecule has 2 N–H and O–H groups in total. The molecular weight excluding hydrogens is 398 g/mol. The number of rotatable bonds is 6. The van der Waals surface area contributed by atoms with Gasteiger partial charge < -0.3 is 10.1 Å². The molecule has 0 aromatic heterocycles. The summed E-state index contributed by atoms with van der Waals surface area (Å²) in [5, 5.41) is 4.73. The van der Waals surface area contributed by atoms with Gasteiger partial charge in [-0.25, -0.2) is 18.0 Å². The summed E-state index contributed by atoms with van der Waals surface area (Å²) >= 11 is 0. The number of nitrogens with one attached hydrogen (secondary N) is 2. The summed E-state index contributed by atoms with van der Waals surface area (Å²) in [5.74, 6) is -5.38. The van der Waals surface area contributed by atoms with Crippen LogP contribution in [0.3, 0.4) is 0 Å². The second-order valence-electron chi connectivity index (χ2n) is 6.32. The molecule has 1 aromatic rings. The third-order valence-electron chi connectivity index (χ3n) is 4.23. The number of carbonyl (C=O) groups is 3. The van der Waals surface area contributed by atoms with Crippen molar-refractivity contribution in [1.29, 1.82) is 0 Å². The lowest BCUT2D eigenvalue weighted by molar-refractivity contribution is -0.127. The number of amides is 3. The fraction of sp³-hybridized carbons (Fsp3) is 0.471. The second kappa shape index (κ2) is 9.09. The molecular formula is C17H20F2N2O6S. The first-order valence-corrected chi connectivity index (χ1v) is 10.1. The lowest BCUT2D eigenvalue weighted by Gasteiger charge is -2.15. The van der Waals surface area contributed by atoms with E-state index in [1.54, 1.807) is 0 Å². The van der Waals surface area contributed by atoms with E-state index in [9.17, 15) is 31.6 Å². The number of sulfone groups is 1. The predicted octanol–water partition coefficient (Wildman–Crippen LogP) is 2.00. The zero-order chi connectivity index (χ0) is 20.9. The molecule has 2 rings (SSSR count). The number of carbonyl (C=O) groups excluding carboxylic acids is 3. The van der Waals surface area contributed by atoms with Gasteiger partial charge >= 0.3 is 17.8 Å². The topological polar surface area (TPSA) is 119 Å². The molecule has 1 fully saturated rings. The molecule has 0 radical (unpaired) electrons. The molecule has 1 aromatic carbocycles. The van der Waals surface area contributed by atoms with Crippen molar-refractivity contribution in [1.82, 2.24) is 10.6 Å². The van der Waals surface area contributed by atoms with Crippen molar-refractivity contribution in [2.24, 2.45) is 0 Å². The second-order valence-corrected chi connectivity index (χ2v) is 8.24. The van der Waals surface area contributed by atoms with Gasteiger partial charge in [0.05, 0.1) is 10.5 Å². The molecule has 0 saturated heterocycles. The van der Waals surface area contributed by atoms with E-state index in [4.69, 9.17) is 4.74 Å². The van der Waals surface area contributed by atoms with Crippen LogP contribution in [-0.2, 0) is 19.4 Å². The highest BCUT2D eigenvalue weighted by Crippen LogP contribution is 2.19. The first kappa shape index (κ1) is 21.7. The minimum Gasteiger partial charge on any atom is -0.449 e. The van der Waals surface area contributed by atoms with E-state index in [1.807, 2.05) is 0 Å². The van der Waals surface area contributed by atoms with Crippen LogP contribution < -0.4 is 10.6 Å². The first-order chi connectivity index (χ1) is 13.1. The Morgan fingerprint density at radius 1 is 1.11 bits per heavy atom. The van der Waals surface area contributed by atoms with Crippen LogP contribution in [0.15, 0.2) is 29.2 Å². The maximum absolute atomic E-state index is 12.5. The number of esters is 1. The number of halogens is 2. The third-order valence-corrected chi connectivity index (χ3v) is 5.63. The van der Waals surface area contributed by atoms with Crippen LogP contribution in [0, 0.1) is 0 Å². The van der Waals surface area contributed by atoms with Crippen LogP contribution in [-0.4, -0.2) is 44.2 Å². The molecule has 0 heterocycles. The molecule has 3 amide bonds. The summed E-state index contributed by atoms with van der Waals surface area (Å²) in [5.41, 5.74) is -0.136. The molecule has 0 aliphatic heterocycles. The zero-order valence-electron chi connectivity index (χ0n) is 15.0. The van der Waals surface area contributed by atoms with E-state index < -0.39 is 44.5 Å². The molecule has 1 aliphatic rings. The van der Waals surface area contributed by atoms with E-state index >= 15 is 0 Å². The smallest absolute Gasteiger partial charge is 0.341 e. The van der Waals surface area contributed by atoms with Gasteiger partial charge in [-0.3, -0.25) is 10.1 Å². The molecule has 0 bridgehead atoms. The van der Waals surface area contributed by atoms with Crippen molar-refractivity contribution in [3.05, 3.63) is 29.8 Å². The summed E-state index contributed by atoms with van der Waals surface area (Å²) in [6.45, 7) is 1.26. The summed E-state index contributed by atoms with van der Waals surface area (Å²) < 4.78 is 52.6. The lowest BCUT2D eigenvalue weighted by Crippen LogP contribution is -2.47. The van der Waals surface area contributed by atoms with Crippen molar-refractivity contribution in [2.75, 3.05) is 0 Å². The minimum absolute atomic E-state index is 0.00805. The van der Waals surface area contributed by atoms with Crippen molar-refractivity contribution in [3.8, 4) is 0 Å². The van der Waals surface area contributed by atoms with Gasteiger partial charge in [-0.05, 0) is 44.0 Å². The van der Waals surface area contributed by atoms with E-state index in [0.717, 1.165) is 49.9 Å². The summed E-state index contributed by atoms with van der Waals surface area (Å²) in [4.78, 5) is 35.1. The van der Waals surface area contributed by atoms with Gasteiger partial charge in [0, 0.05) is 6.04 Å². The van der Waals surface area contributed by atoms with Crippen molar-refractivity contribution in [2.45, 2.75) is 55.4 Å². The quantitative estimate of drug-likeness (QED) is 0.682. The van der Waals surface area contributed by atoms with Crippen LogP contribution >= 0.6 is 0 Å². The number of urea groups is 1. The predicted molar refractivity (Wildman–Crippen MR) is 93.4 cm³/mol. The number of hydrogen-bond acceptors (Lipinski definition) is 6. The van der Waals surface area contributed by atoms with Crippen LogP contribution in [0.2, 0.25) is 0 Å². The number of hydrogen-bond donors (Lipinski definition) is 2. The van der Waals surface area contributed by atoms with Crippen molar-refractivity contribution < 1.29 is 36.3 Å². The van der Waals surface area contributed by atoms with Gasteiger partial charge in [0.2, 0.25) is 9.84 Å². The molecule has 1 aliphatic carbocycles. The Kier molecular flexibility index (Phi) is 7.05. The summed E-state index contributed by atoms with van der Waals surface area (Å²) in [6.07, 6.45) is 2.38. The third kappa shape index (κ3) is 5.47. The van der Waals surface area contributed by atoms with Crippen LogP contribution in [0.5, 0.6) is 0 Å². The Morgan fingerprint density at radius 3 is 2.21 bits per heavy atom. The van der Waals surface area contributed by atoms with E-state index in [-0.39, 0.29) is 11.6 Å². The maximum atomic E-state index is 12.5. The fourth-order valence-electron chi connectivity index (χ4n) is 2.67. The Morgan fingerprint density at radius 2 is 1.68 bits per heavy atom. The fourth-order valence-corrected chi connectivity index (χ4v) is 3.39. The first-order valence-electron chi connectivity index (χ1n) is 8.55. The Labute approximate surface area is 160 Å². The normalized spacial score (nSPS) is 15.9. The zero-order valence-corrected chi connectivity index (χ0v) is 15.8. The molecule has 0 spiro atoms. The highest BCUT2D eigenvalue weighted by molar-refractivity contribution is 7.91. The number of imide groups is 1. The van der Waals surface area contributed by atoms with Crippen LogP contribution in [0.25, 0.3) is 0 Å². The monoisotopic (exact) mass is 418 g/mol. The van der Waals surface area contributed by atoms with E-state index in [2.05, 4.69) is 10.6 Å². The Bertz CT molecular complexity index is 836. The average molecular weight is 418 g/mol. The highest BCUT2D eigenvalue weighted by Gasteiger charge is 2.27. The lowest BCUT2D eigenvalue weighted by atomic mass is 10.2. The van der Waals surface area contributed by atoms with Gasteiger partial charge in [0.15, 0.2) is 6.10 Å². The van der Waals surface area contributed by atoms with Gasteiger partial charge in [-0.15, -0.1) is 0 Å². The Hall–Kier alpha value is -2.56. The van der Waals surface area contributed by atoms with Crippen molar-refractivity contribution >= 4 is 27.7 Å². The SMILES string of the molecule is C[C@H](OC(=O)c1ccc(S(=O)(=O)C(F)F)cc1)C(=O)NC(=O)NC1CCCC1. The van der Waals surface area contributed by atoms with E-state index in [1.165, 1.54) is 6.92 Å². The molecule has 0 unspecified atom stereocenters. The van der Waals surface area contributed by atoms with Crippen molar-refractivity contribution in [3.63, 3.8) is 0 Å². The standard InChI is InChI=1S/C17H20F2N2O6S/c1-10(14(22)21-17(24)20-12-4-2-3-5-12)27-15(23)11-6-8-13(9-7-11)28(25,26)16(18)19/h6-10,12,16H,2-5H2,1H3,(H2,20,21,22,24)/t10-/m0/s1. The summed E-state index contributed by atoms with van der Waals surface area (Å²) in [6, 6.07) is 3.01. The molecule has 28 heavy (non-hydrogen) atoms. The number of ether oxygens (including phenoxy) is 1. The molecule has 1 atom stereocenters. The van der Waals surface area contributed by atoms with Gasteiger partial charge in [0.1, 0.15) is 0 Å². The summed E-state index contributed by atoms with van der Waals surface area (Å²) in [7, 11) is -4.77. The number of benzene rings is 1. The molecule has 11 heteroatoms. The Balaban J connectivity index is 1.90. The van der Waals surface area contributed by atoms with Gasteiger partial charge in [-0.1, -0.05) is 12.8 Å².